The van der Waals surface area contributed by atoms with Crippen molar-refractivity contribution < 1.29 is 20.1 Å². The summed E-state index contributed by atoms with van der Waals surface area (Å²) in [5.41, 5.74) is -0.363. The van der Waals surface area contributed by atoms with E-state index in [1.54, 1.807) is 0 Å². The van der Waals surface area contributed by atoms with Crippen molar-refractivity contribution in [1.29, 1.82) is 0 Å². The second-order valence-electron chi connectivity index (χ2n) is 3.37. The molecule has 7 heteroatoms. The summed E-state index contributed by atoms with van der Waals surface area (Å²) in [5, 5.41) is 28.3. The molecule has 1 aromatic heterocycles. The van der Waals surface area contributed by atoms with Crippen molar-refractivity contribution in [2.45, 2.75) is 18.6 Å². The zero-order chi connectivity index (χ0) is 13.0. The number of hydrogen-bond donors (Lipinski definition) is 3. The first-order valence-corrected chi connectivity index (χ1v) is 5.70. The normalized spacial score (nSPS) is 14.4. The zero-order valence-corrected chi connectivity index (χ0v) is 10.2. The first-order valence-electron chi connectivity index (χ1n) is 4.79. The molecule has 0 aliphatic rings. The lowest BCUT2D eigenvalue weighted by atomic mass is 10.0. The van der Waals surface area contributed by atoms with E-state index in [2.05, 4.69) is 4.98 Å². The lowest BCUT2D eigenvalue weighted by molar-refractivity contribution is 0.0157. The van der Waals surface area contributed by atoms with Crippen molar-refractivity contribution >= 4 is 29.2 Å². The van der Waals surface area contributed by atoms with Gasteiger partial charge in [-0.3, -0.25) is 0 Å². The third-order valence-corrected chi connectivity index (χ3v) is 2.61. The van der Waals surface area contributed by atoms with Crippen LogP contribution in [0.5, 0.6) is 0 Å². The summed E-state index contributed by atoms with van der Waals surface area (Å²) < 4.78 is 0. The first-order chi connectivity index (χ1) is 7.97. The highest BCUT2D eigenvalue weighted by Gasteiger charge is 2.24. The van der Waals surface area contributed by atoms with E-state index in [1.807, 2.05) is 0 Å². The van der Waals surface area contributed by atoms with E-state index in [0.29, 0.717) is 0 Å². The third-order valence-electron chi connectivity index (χ3n) is 2.18. The fraction of sp³-hybridized carbons (Fsp3) is 0.400. The molecule has 2 unspecified atom stereocenters. The van der Waals surface area contributed by atoms with Crippen LogP contribution in [-0.4, -0.2) is 38.3 Å². The van der Waals surface area contributed by atoms with Crippen LogP contribution in [-0.2, 0) is 0 Å². The van der Waals surface area contributed by atoms with E-state index in [-0.39, 0.29) is 28.7 Å². The van der Waals surface area contributed by atoms with E-state index in [4.69, 9.17) is 28.3 Å². The van der Waals surface area contributed by atoms with Crippen LogP contribution in [0.4, 0.5) is 0 Å². The number of carbonyl (C=O) groups is 1. The maximum atomic E-state index is 10.9. The van der Waals surface area contributed by atoms with Gasteiger partial charge in [-0.1, -0.05) is 17.7 Å². The Labute approximate surface area is 108 Å². The number of aromatic nitrogens is 1. The number of aliphatic hydroxyl groups excluding tert-OH is 2. The molecule has 3 N–H and O–H groups in total. The number of carboxylic acid groups (broad SMARTS) is 1. The van der Waals surface area contributed by atoms with Gasteiger partial charge in [0.2, 0.25) is 0 Å². The number of pyridine rings is 1. The largest absolute Gasteiger partial charge is 0.476 e. The van der Waals surface area contributed by atoms with Crippen LogP contribution in [0, 0.1) is 0 Å². The number of carboxylic acids is 1. The first kappa shape index (κ1) is 14.2. The molecule has 1 aromatic rings. The Morgan fingerprint density at radius 2 is 2.06 bits per heavy atom. The van der Waals surface area contributed by atoms with Crippen molar-refractivity contribution in [1.82, 2.24) is 4.98 Å². The van der Waals surface area contributed by atoms with Gasteiger partial charge in [0.1, 0.15) is 11.3 Å². The van der Waals surface area contributed by atoms with Gasteiger partial charge in [-0.25, -0.2) is 9.78 Å². The molecule has 0 aliphatic carbocycles. The third kappa shape index (κ3) is 3.54. The molecule has 0 spiro atoms. The second kappa shape index (κ2) is 6.16. The molecule has 1 heterocycles. The van der Waals surface area contributed by atoms with Crippen LogP contribution < -0.4 is 0 Å². The lowest BCUT2D eigenvalue weighted by Crippen LogP contribution is -2.21. The fourth-order valence-electron chi connectivity index (χ4n) is 1.33. The summed E-state index contributed by atoms with van der Waals surface area (Å²) in [6.07, 6.45) is -2.36. The molecule has 0 saturated carbocycles. The van der Waals surface area contributed by atoms with Gasteiger partial charge in [-0.2, -0.15) is 0 Å². The minimum Gasteiger partial charge on any atom is -0.476 e. The van der Waals surface area contributed by atoms with Crippen LogP contribution in [0.25, 0.3) is 0 Å². The van der Waals surface area contributed by atoms with Crippen LogP contribution in [0.3, 0.4) is 0 Å². The molecule has 5 nitrogen and oxygen atoms in total. The molecule has 0 saturated heterocycles. The quantitative estimate of drug-likeness (QED) is 0.561. The van der Waals surface area contributed by atoms with Crippen molar-refractivity contribution in [3.63, 3.8) is 0 Å². The SMILES string of the molecule is O=C(O)c1nc(Cl)ccc1C(O)C(O)CCCl. The summed E-state index contributed by atoms with van der Waals surface area (Å²) in [4.78, 5) is 14.5. The molecule has 0 radical (unpaired) electrons. The molecule has 17 heavy (non-hydrogen) atoms. The number of halogens is 2. The summed E-state index contributed by atoms with van der Waals surface area (Å²) in [6, 6.07) is 2.67. The number of aliphatic hydroxyl groups is 2. The molecule has 0 amide bonds. The van der Waals surface area contributed by atoms with E-state index >= 15 is 0 Å². The lowest BCUT2D eigenvalue weighted by Gasteiger charge is -2.18. The van der Waals surface area contributed by atoms with E-state index in [0.717, 1.165) is 0 Å². The summed E-state index contributed by atoms with van der Waals surface area (Å²) in [5.74, 6) is -1.17. The standard InChI is InChI=1S/C10H11Cl2NO4/c11-4-3-6(14)9(15)5-1-2-7(12)13-8(5)10(16)17/h1-2,6,9,14-15H,3-4H2,(H,16,17). The monoisotopic (exact) mass is 279 g/mol. The Morgan fingerprint density at radius 1 is 1.41 bits per heavy atom. The highest BCUT2D eigenvalue weighted by atomic mass is 35.5. The molecular formula is C10H11Cl2NO4. The van der Waals surface area contributed by atoms with Gasteiger partial charge in [0, 0.05) is 11.4 Å². The van der Waals surface area contributed by atoms with Gasteiger partial charge in [-0.05, 0) is 12.5 Å². The van der Waals surface area contributed by atoms with E-state index in [1.165, 1.54) is 12.1 Å². The summed E-state index contributed by atoms with van der Waals surface area (Å²) >= 11 is 11.0. The predicted octanol–water partition coefficient (Wildman–Crippen LogP) is 1.46. The average molecular weight is 280 g/mol. The van der Waals surface area contributed by atoms with Gasteiger partial charge in [0.05, 0.1) is 6.10 Å². The Balaban J connectivity index is 3.08. The number of nitrogens with zero attached hydrogens (tertiary/aromatic N) is 1. The Hall–Kier alpha value is -0.880. The second-order valence-corrected chi connectivity index (χ2v) is 4.13. The maximum absolute atomic E-state index is 10.9. The highest BCUT2D eigenvalue weighted by Crippen LogP contribution is 2.23. The molecule has 94 valence electrons. The number of rotatable bonds is 5. The topological polar surface area (TPSA) is 90.7 Å². The summed E-state index contributed by atoms with van der Waals surface area (Å²) in [7, 11) is 0. The molecule has 0 aromatic carbocycles. The molecule has 0 bridgehead atoms. The van der Waals surface area contributed by atoms with Crippen molar-refractivity contribution in [3.05, 3.63) is 28.5 Å². The summed E-state index contributed by atoms with van der Waals surface area (Å²) in [6.45, 7) is 0. The highest BCUT2D eigenvalue weighted by molar-refractivity contribution is 6.29. The van der Waals surface area contributed by atoms with Crippen LogP contribution in [0.1, 0.15) is 28.6 Å². The van der Waals surface area contributed by atoms with Gasteiger partial charge in [0.15, 0.2) is 5.69 Å². The van der Waals surface area contributed by atoms with Gasteiger partial charge in [0.25, 0.3) is 0 Å². The Kier molecular flexibility index (Phi) is 5.14. The molecule has 0 aliphatic heterocycles. The predicted molar refractivity (Wildman–Crippen MR) is 62.5 cm³/mol. The zero-order valence-electron chi connectivity index (χ0n) is 8.68. The average Bonchev–Trinajstić information content (AvgIpc) is 2.28. The molecule has 0 fully saturated rings. The molecule has 2 atom stereocenters. The van der Waals surface area contributed by atoms with Crippen molar-refractivity contribution in [2.24, 2.45) is 0 Å². The Morgan fingerprint density at radius 3 is 2.59 bits per heavy atom. The molecule has 1 rings (SSSR count). The van der Waals surface area contributed by atoms with E-state index in [9.17, 15) is 15.0 Å². The van der Waals surface area contributed by atoms with Crippen molar-refractivity contribution in [2.75, 3.05) is 5.88 Å². The maximum Gasteiger partial charge on any atom is 0.354 e. The van der Waals surface area contributed by atoms with Crippen LogP contribution in [0.2, 0.25) is 5.15 Å². The van der Waals surface area contributed by atoms with Gasteiger partial charge in [-0.15, -0.1) is 11.6 Å². The van der Waals surface area contributed by atoms with Crippen molar-refractivity contribution in [3.8, 4) is 0 Å². The smallest absolute Gasteiger partial charge is 0.354 e. The van der Waals surface area contributed by atoms with Gasteiger partial charge >= 0.3 is 5.97 Å². The minimum absolute atomic E-state index is 0.00480. The fourth-order valence-corrected chi connectivity index (χ4v) is 1.70. The minimum atomic E-state index is -1.36. The number of hydrogen-bond acceptors (Lipinski definition) is 4. The Bertz CT molecular complexity index is 413. The number of alkyl halides is 1. The van der Waals surface area contributed by atoms with Crippen LogP contribution >= 0.6 is 23.2 Å². The van der Waals surface area contributed by atoms with Gasteiger partial charge < -0.3 is 15.3 Å². The molecular weight excluding hydrogens is 269 g/mol. The number of aromatic carboxylic acids is 1. The van der Waals surface area contributed by atoms with Crippen LogP contribution in [0.15, 0.2) is 12.1 Å². The van der Waals surface area contributed by atoms with E-state index < -0.39 is 18.2 Å².